The predicted molar refractivity (Wildman–Crippen MR) is 58.8 cm³/mol. The lowest BCUT2D eigenvalue weighted by Gasteiger charge is -2.26. The lowest BCUT2D eigenvalue weighted by atomic mass is 10.4. The second-order valence-corrected chi connectivity index (χ2v) is 4.46. The molecule has 1 aliphatic heterocycles. The normalized spacial score (nSPS) is 19.2. The van der Waals surface area contributed by atoms with Crippen LogP contribution in [-0.2, 0) is 9.57 Å². The molecule has 1 aromatic heterocycles. The van der Waals surface area contributed by atoms with Gasteiger partial charge in [0, 0.05) is 19.3 Å². The van der Waals surface area contributed by atoms with Gasteiger partial charge in [-0.1, -0.05) is 11.3 Å². The molecule has 1 aromatic rings. The summed E-state index contributed by atoms with van der Waals surface area (Å²) in [6.07, 6.45) is 1.74. The standard InChI is InChI=1S/C9H15N3O2S/c1-7(14-10)8-6-11-9(15-8)12-2-4-13-5-3-12/h6-7H,2-5,10H2,1H3. The minimum Gasteiger partial charge on any atom is -0.378 e. The topological polar surface area (TPSA) is 60.6 Å². The van der Waals surface area contributed by atoms with Crippen molar-refractivity contribution in [2.45, 2.75) is 13.0 Å². The highest BCUT2D eigenvalue weighted by Gasteiger charge is 2.16. The highest BCUT2D eigenvalue weighted by atomic mass is 32.1. The maximum absolute atomic E-state index is 5.29. The van der Waals surface area contributed by atoms with E-state index in [1.54, 1.807) is 11.3 Å². The van der Waals surface area contributed by atoms with Crippen molar-refractivity contribution >= 4 is 16.5 Å². The first-order valence-corrected chi connectivity index (χ1v) is 5.77. The van der Waals surface area contributed by atoms with Crippen molar-refractivity contribution in [3.63, 3.8) is 0 Å². The van der Waals surface area contributed by atoms with Crippen LogP contribution in [0.3, 0.4) is 0 Å². The summed E-state index contributed by atoms with van der Waals surface area (Å²) in [7, 11) is 0. The van der Waals surface area contributed by atoms with Gasteiger partial charge < -0.3 is 9.64 Å². The summed E-state index contributed by atoms with van der Waals surface area (Å²) in [5.41, 5.74) is 0. The molecule has 5 nitrogen and oxygen atoms in total. The molecule has 0 radical (unpaired) electrons. The summed E-state index contributed by atoms with van der Waals surface area (Å²) in [4.78, 5) is 12.4. The van der Waals surface area contributed by atoms with Crippen LogP contribution in [0.15, 0.2) is 6.20 Å². The third-order valence-electron chi connectivity index (χ3n) is 2.40. The molecule has 0 saturated carbocycles. The quantitative estimate of drug-likeness (QED) is 0.781. The number of hydrogen-bond donors (Lipinski definition) is 1. The molecule has 1 atom stereocenters. The van der Waals surface area contributed by atoms with Gasteiger partial charge in [0.05, 0.1) is 18.1 Å². The summed E-state index contributed by atoms with van der Waals surface area (Å²) >= 11 is 1.63. The van der Waals surface area contributed by atoms with E-state index in [1.165, 1.54) is 0 Å². The van der Waals surface area contributed by atoms with Gasteiger partial charge in [-0.2, -0.15) is 0 Å². The summed E-state index contributed by atoms with van der Waals surface area (Å²) in [5, 5.41) is 1.03. The molecule has 0 aromatic carbocycles. The van der Waals surface area contributed by atoms with Gasteiger partial charge in [-0.25, -0.2) is 10.9 Å². The summed E-state index contributed by atoms with van der Waals surface area (Å²) in [5.74, 6) is 5.14. The molecule has 2 N–H and O–H groups in total. The third-order valence-corrected chi connectivity index (χ3v) is 3.62. The Morgan fingerprint density at radius 2 is 2.33 bits per heavy atom. The molecule has 0 spiro atoms. The van der Waals surface area contributed by atoms with Crippen molar-refractivity contribution in [3.05, 3.63) is 11.1 Å². The Bertz CT molecular complexity index is 312. The monoisotopic (exact) mass is 229 g/mol. The molecule has 1 saturated heterocycles. The van der Waals surface area contributed by atoms with Gasteiger partial charge in [0.25, 0.3) is 0 Å². The Kier molecular flexibility index (Phi) is 3.53. The first-order chi connectivity index (χ1) is 7.31. The Morgan fingerprint density at radius 3 is 3.00 bits per heavy atom. The minimum atomic E-state index is -0.0858. The van der Waals surface area contributed by atoms with Crippen LogP contribution >= 0.6 is 11.3 Å². The van der Waals surface area contributed by atoms with Crippen molar-refractivity contribution in [1.82, 2.24) is 4.98 Å². The van der Waals surface area contributed by atoms with Crippen molar-refractivity contribution in [2.24, 2.45) is 5.90 Å². The van der Waals surface area contributed by atoms with Crippen LogP contribution in [0.5, 0.6) is 0 Å². The van der Waals surface area contributed by atoms with E-state index in [0.29, 0.717) is 0 Å². The van der Waals surface area contributed by atoms with Crippen molar-refractivity contribution in [3.8, 4) is 0 Å². The van der Waals surface area contributed by atoms with Gasteiger partial charge >= 0.3 is 0 Å². The summed E-state index contributed by atoms with van der Waals surface area (Å²) in [6.45, 7) is 5.28. The average molecular weight is 229 g/mol. The number of nitrogens with two attached hydrogens (primary N) is 1. The smallest absolute Gasteiger partial charge is 0.185 e. The van der Waals surface area contributed by atoms with Crippen LogP contribution in [0.25, 0.3) is 0 Å². The number of hydrogen-bond acceptors (Lipinski definition) is 6. The highest BCUT2D eigenvalue weighted by molar-refractivity contribution is 7.15. The summed E-state index contributed by atoms with van der Waals surface area (Å²) in [6, 6.07) is 0. The van der Waals surface area contributed by atoms with Crippen LogP contribution in [-0.4, -0.2) is 31.3 Å². The van der Waals surface area contributed by atoms with Crippen molar-refractivity contribution < 1.29 is 9.57 Å². The minimum absolute atomic E-state index is 0.0858. The third kappa shape index (κ3) is 2.46. The van der Waals surface area contributed by atoms with Crippen LogP contribution in [0, 0.1) is 0 Å². The molecule has 0 amide bonds. The fourth-order valence-corrected chi connectivity index (χ4v) is 2.39. The highest BCUT2D eigenvalue weighted by Crippen LogP contribution is 2.28. The number of nitrogens with zero attached hydrogens (tertiary/aromatic N) is 2. The second kappa shape index (κ2) is 4.89. The molecule has 2 rings (SSSR count). The zero-order chi connectivity index (χ0) is 10.7. The van der Waals surface area contributed by atoms with Crippen LogP contribution in [0.1, 0.15) is 17.9 Å². The number of thiazole rings is 1. The number of rotatable bonds is 3. The Labute approximate surface area is 92.8 Å². The van der Waals surface area contributed by atoms with Crippen LogP contribution in [0.2, 0.25) is 0 Å². The van der Waals surface area contributed by atoms with E-state index in [1.807, 2.05) is 13.1 Å². The van der Waals surface area contributed by atoms with Gasteiger partial charge in [0.15, 0.2) is 5.13 Å². The van der Waals surface area contributed by atoms with Gasteiger partial charge in [-0.05, 0) is 6.92 Å². The number of anilines is 1. The molecule has 6 heteroatoms. The van der Waals surface area contributed by atoms with Crippen LogP contribution in [0.4, 0.5) is 5.13 Å². The largest absolute Gasteiger partial charge is 0.378 e. The lowest BCUT2D eigenvalue weighted by Crippen LogP contribution is -2.36. The lowest BCUT2D eigenvalue weighted by molar-refractivity contribution is 0.0687. The zero-order valence-electron chi connectivity index (χ0n) is 8.68. The molecular weight excluding hydrogens is 214 g/mol. The molecule has 15 heavy (non-hydrogen) atoms. The molecule has 2 heterocycles. The molecular formula is C9H15N3O2S. The van der Waals surface area contributed by atoms with E-state index in [2.05, 4.69) is 9.88 Å². The van der Waals surface area contributed by atoms with Crippen LogP contribution < -0.4 is 10.8 Å². The first-order valence-electron chi connectivity index (χ1n) is 4.95. The van der Waals surface area contributed by atoms with Gasteiger partial charge in [-0.15, -0.1) is 0 Å². The average Bonchev–Trinajstić information content (AvgIpc) is 2.78. The van der Waals surface area contributed by atoms with E-state index < -0.39 is 0 Å². The Balaban J connectivity index is 2.05. The van der Waals surface area contributed by atoms with E-state index >= 15 is 0 Å². The fourth-order valence-electron chi connectivity index (χ4n) is 1.43. The second-order valence-electron chi connectivity index (χ2n) is 3.42. The Morgan fingerprint density at radius 1 is 1.60 bits per heavy atom. The molecule has 84 valence electrons. The van der Waals surface area contributed by atoms with E-state index in [-0.39, 0.29) is 6.10 Å². The number of aromatic nitrogens is 1. The van der Waals surface area contributed by atoms with Crippen molar-refractivity contribution in [2.75, 3.05) is 31.2 Å². The first kappa shape index (κ1) is 10.8. The van der Waals surface area contributed by atoms with Crippen molar-refractivity contribution in [1.29, 1.82) is 0 Å². The summed E-state index contributed by atoms with van der Waals surface area (Å²) < 4.78 is 5.29. The zero-order valence-corrected chi connectivity index (χ0v) is 9.50. The SMILES string of the molecule is CC(ON)c1cnc(N2CCOCC2)s1. The Hall–Kier alpha value is -0.690. The van der Waals surface area contributed by atoms with Gasteiger partial charge in [-0.3, -0.25) is 4.84 Å². The predicted octanol–water partition coefficient (Wildman–Crippen LogP) is 0.931. The van der Waals surface area contributed by atoms with E-state index in [0.717, 1.165) is 36.3 Å². The maximum atomic E-state index is 5.29. The van der Waals surface area contributed by atoms with E-state index in [9.17, 15) is 0 Å². The maximum Gasteiger partial charge on any atom is 0.185 e. The fraction of sp³-hybridized carbons (Fsp3) is 0.667. The molecule has 1 unspecified atom stereocenters. The molecule has 1 aliphatic rings. The molecule has 1 fully saturated rings. The number of morpholine rings is 1. The van der Waals surface area contributed by atoms with Gasteiger partial charge in [0.2, 0.25) is 0 Å². The van der Waals surface area contributed by atoms with Gasteiger partial charge in [0.1, 0.15) is 6.10 Å². The molecule has 0 aliphatic carbocycles. The molecule has 0 bridgehead atoms. The number of ether oxygens (including phenoxy) is 1. The van der Waals surface area contributed by atoms with E-state index in [4.69, 9.17) is 15.5 Å².